The lowest BCUT2D eigenvalue weighted by atomic mass is 10.2. The van der Waals surface area contributed by atoms with Crippen molar-refractivity contribution in [3.8, 4) is 17.1 Å². The topological polar surface area (TPSA) is 57.0 Å². The lowest BCUT2D eigenvalue weighted by Crippen LogP contribution is -2.09. The highest BCUT2D eigenvalue weighted by Crippen LogP contribution is 2.29. The van der Waals surface area contributed by atoms with Crippen LogP contribution in [0.25, 0.3) is 17.1 Å². The summed E-state index contributed by atoms with van der Waals surface area (Å²) in [7, 11) is 0. The number of carbonyl (C=O) groups is 1. The number of rotatable bonds is 7. The Labute approximate surface area is 164 Å². The molecule has 0 aliphatic heterocycles. The van der Waals surface area contributed by atoms with E-state index in [-0.39, 0.29) is 17.4 Å². The molecule has 0 aliphatic carbocycles. The molecule has 0 amide bonds. The van der Waals surface area contributed by atoms with Gasteiger partial charge in [0.25, 0.3) is 0 Å². The maximum absolute atomic E-state index is 14.3. The number of ether oxygens (including phenoxy) is 1. The van der Waals surface area contributed by atoms with Crippen LogP contribution in [0.5, 0.6) is 0 Å². The van der Waals surface area contributed by atoms with Crippen molar-refractivity contribution in [1.29, 1.82) is 0 Å². The molecule has 2 aromatic carbocycles. The average Bonchev–Trinajstić information content (AvgIpc) is 3.09. The zero-order valence-electron chi connectivity index (χ0n) is 14.1. The van der Waals surface area contributed by atoms with Crippen molar-refractivity contribution < 1.29 is 13.9 Å². The number of para-hydroxylation sites is 1. The highest BCUT2D eigenvalue weighted by molar-refractivity contribution is 7.99. The van der Waals surface area contributed by atoms with Gasteiger partial charge in [-0.2, -0.15) is 0 Å². The number of carbonyl (C=O) groups excluding carboxylic acids is 1. The molecule has 0 atom stereocenters. The Bertz CT molecular complexity index is 963. The van der Waals surface area contributed by atoms with E-state index in [1.54, 1.807) is 22.8 Å². The molecule has 0 bridgehead atoms. The number of hydrogen-bond acceptors (Lipinski definition) is 5. The summed E-state index contributed by atoms with van der Waals surface area (Å²) in [6.45, 7) is 3.41. The summed E-state index contributed by atoms with van der Waals surface area (Å²) in [6, 6.07) is 15.6. The number of thioether (sulfide) groups is 1. The number of esters is 1. The van der Waals surface area contributed by atoms with Crippen molar-refractivity contribution in [2.45, 2.75) is 5.16 Å². The third kappa shape index (κ3) is 4.75. The number of hydrogen-bond donors (Lipinski definition) is 0. The van der Waals surface area contributed by atoms with Crippen LogP contribution >= 0.6 is 23.4 Å². The first kappa shape index (κ1) is 19.1. The molecule has 8 heteroatoms. The molecule has 0 unspecified atom stereocenters. The van der Waals surface area contributed by atoms with Crippen molar-refractivity contribution in [3.63, 3.8) is 0 Å². The summed E-state index contributed by atoms with van der Waals surface area (Å²) >= 11 is 6.73. The smallest absolute Gasteiger partial charge is 0.316 e. The van der Waals surface area contributed by atoms with E-state index in [4.69, 9.17) is 16.3 Å². The molecule has 1 aromatic heterocycles. The molecular weight excluding hydrogens is 389 g/mol. The van der Waals surface area contributed by atoms with Crippen LogP contribution in [-0.4, -0.2) is 33.1 Å². The van der Waals surface area contributed by atoms with Gasteiger partial charge in [0, 0.05) is 10.7 Å². The van der Waals surface area contributed by atoms with Gasteiger partial charge in [-0.3, -0.25) is 9.36 Å². The molecule has 27 heavy (non-hydrogen) atoms. The Balaban J connectivity index is 1.92. The first-order chi connectivity index (χ1) is 13.1. The van der Waals surface area contributed by atoms with Crippen LogP contribution in [0.4, 0.5) is 4.39 Å². The number of halogens is 2. The van der Waals surface area contributed by atoms with Crippen LogP contribution in [-0.2, 0) is 9.53 Å². The van der Waals surface area contributed by atoms with E-state index in [1.165, 1.54) is 6.07 Å². The summed E-state index contributed by atoms with van der Waals surface area (Å²) in [5.41, 5.74) is 1.08. The van der Waals surface area contributed by atoms with Gasteiger partial charge in [0.05, 0.1) is 11.3 Å². The van der Waals surface area contributed by atoms with Crippen molar-refractivity contribution in [1.82, 2.24) is 14.8 Å². The molecular formula is C19H15ClFN3O2S. The molecule has 3 rings (SSSR count). The van der Waals surface area contributed by atoms with Gasteiger partial charge in [-0.25, -0.2) is 4.39 Å². The fraction of sp³-hybridized carbons (Fsp3) is 0.105. The van der Waals surface area contributed by atoms with Gasteiger partial charge in [-0.1, -0.05) is 60.3 Å². The van der Waals surface area contributed by atoms with Crippen molar-refractivity contribution >= 4 is 29.3 Å². The molecule has 3 aromatic rings. The van der Waals surface area contributed by atoms with Gasteiger partial charge in [0.2, 0.25) is 0 Å². The summed E-state index contributed by atoms with van der Waals surface area (Å²) in [4.78, 5) is 11.8. The SMILES string of the molecule is C=C(Cl)COC(=O)CSc1nnc(-c2ccccc2F)n1-c1ccccc1. The van der Waals surface area contributed by atoms with Crippen molar-refractivity contribution in [2.24, 2.45) is 0 Å². The third-order valence-electron chi connectivity index (χ3n) is 3.47. The van der Waals surface area contributed by atoms with E-state index in [0.29, 0.717) is 16.5 Å². The second kappa shape index (κ2) is 8.83. The van der Waals surface area contributed by atoms with Gasteiger partial charge in [-0.05, 0) is 24.3 Å². The van der Waals surface area contributed by atoms with Crippen molar-refractivity contribution in [3.05, 3.63) is 72.0 Å². The second-order valence-electron chi connectivity index (χ2n) is 5.42. The Morgan fingerprint density at radius 2 is 1.85 bits per heavy atom. The lowest BCUT2D eigenvalue weighted by molar-refractivity contribution is -0.139. The van der Waals surface area contributed by atoms with Gasteiger partial charge in [0.1, 0.15) is 12.4 Å². The van der Waals surface area contributed by atoms with Crippen LogP contribution in [0.1, 0.15) is 0 Å². The van der Waals surface area contributed by atoms with Crippen LogP contribution in [0.2, 0.25) is 0 Å². The van der Waals surface area contributed by atoms with Gasteiger partial charge in [-0.15, -0.1) is 10.2 Å². The van der Waals surface area contributed by atoms with E-state index in [2.05, 4.69) is 16.8 Å². The normalized spacial score (nSPS) is 10.6. The summed E-state index contributed by atoms with van der Waals surface area (Å²) in [6.07, 6.45) is 0. The first-order valence-corrected chi connectivity index (χ1v) is 9.30. The maximum Gasteiger partial charge on any atom is 0.316 e. The number of nitrogens with zero attached hydrogens (tertiary/aromatic N) is 3. The third-order valence-corrected chi connectivity index (χ3v) is 4.48. The molecule has 138 valence electrons. The van der Waals surface area contributed by atoms with Crippen LogP contribution < -0.4 is 0 Å². The van der Waals surface area contributed by atoms with Gasteiger partial charge >= 0.3 is 5.97 Å². The highest BCUT2D eigenvalue weighted by Gasteiger charge is 2.19. The monoisotopic (exact) mass is 403 g/mol. The predicted octanol–water partition coefficient (Wildman–Crippen LogP) is 4.46. The first-order valence-electron chi connectivity index (χ1n) is 7.93. The average molecular weight is 404 g/mol. The van der Waals surface area contributed by atoms with Crippen LogP contribution in [0.3, 0.4) is 0 Å². The highest BCUT2D eigenvalue weighted by atomic mass is 35.5. The molecule has 0 fully saturated rings. The standard InChI is InChI=1S/C19H15ClFN3O2S/c1-13(20)11-26-17(25)12-27-19-23-22-18(15-9-5-6-10-16(15)21)24(19)14-7-3-2-4-8-14/h2-10H,1,11-12H2. The van der Waals surface area contributed by atoms with E-state index in [1.807, 2.05) is 30.3 Å². The Morgan fingerprint density at radius 1 is 1.15 bits per heavy atom. The minimum atomic E-state index is -0.461. The Morgan fingerprint density at radius 3 is 2.56 bits per heavy atom. The zero-order chi connectivity index (χ0) is 19.2. The van der Waals surface area contributed by atoms with E-state index in [0.717, 1.165) is 17.4 Å². The molecule has 5 nitrogen and oxygen atoms in total. The van der Waals surface area contributed by atoms with Gasteiger partial charge < -0.3 is 4.74 Å². The van der Waals surface area contributed by atoms with Gasteiger partial charge in [0.15, 0.2) is 11.0 Å². The molecule has 1 heterocycles. The zero-order valence-corrected chi connectivity index (χ0v) is 15.7. The van der Waals surface area contributed by atoms with E-state index in [9.17, 15) is 9.18 Å². The lowest BCUT2D eigenvalue weighted by Gasteiger charge is -2.10. The number of benzene rings is 2. The quantitative estimate of drug-likeness (QED) is 0.430. The molecule has 0 N–H and O–H groups in total. The Hall–Kier alpha value is -2.64. The molecule has 0 saturated carbocycles. The second-order valence-corrected chi connectivity index (χ2v) is 6.90. The minimum Gasteiger partial charge on any atom is -0.459 e. The molecule has 0 saturated heterocycles. The van der Waals surface area contributed by atoms with Crippen LogP contribution in [0.15, 0.2) is 71.4 Å². The Kier molecular flexibility index (Phi) is 6.26. The predicted molar refractivity (Wildman–Crippen MR) is 103 cm³/mol. The van der Waals surface area contributed by atoms with E-state index >= 15 is 0 Å². The van der Waals surface area contributed by atoms with E-state index < -0.39 is 11.8 Å². The maximum atomic E-state index is 14.3. The number of aromatic nitrogens is 3. The van der Waals surface area contributed by atoms with Crippen LogP contribution in [0, 0.1) is 5.82 Å². The summed E-state index contributed by atoms with van der Waals surface area (Å²) in [5, 5.41) is 8.96. The molecule has 0 spiro atoms. The minimum absolute atomic E-state index is 0.00636. The van der Waals surface area contributed by atoms with Crippen molar-refractivity contribution in [2.75, 3.05) is 12.4 Å². The summed E-state index contributed by atoms with van der Waals surface area (Å²) < 4.78 is 21.0. The fourth-order valence-corrected chi connectivity index (χ4v) is 3.12. The largest absolute Gasteiger partial charge is 0.459 e. The fourth-order valence-electron chi connectivity index (χ4n) is 2.31. The molecule has 0 radical (unpaired) electrons. The summed E-state index contributed by atoms with van der Waals surface area (Å²) in [5.74, 6) is -0.508. The molecule has 0 aliphatic rings.